The van der Waals surface area contributed by atoms with Crippen LogP contribution in [0.5, 0.6) is 0 Å². The zero-order valence-electron chi connectivity index (χ0n) is 26.9. The molecule has 1 saturated heterocycles. The van der Waals surface area contributed by atoms with Gasteiger partial charge in [-0.25, -0.2) is 22.0 Å². The van der Waals surface area contributed by atoms with E-state index in [-0.39, 0.29) is 25.3 Å². The van der Waals surface area contributed by atoms with Gasteiger partial charge in [-0.05, 0) is 31.3 Å². The predicted octanol–water partition coefficient (Wildman–Crippen LogP) is 3.79. The maximum atomic E-state index is 14.4. The van der Waals surface area contributed by atoms with Crippen LogP contribution in [0, 0.1) is 35.0 Å². The second-order valence-corrected chi connectivity index (χ2v) is 11.0. The lowest BCUT2D eigenvalue weighted by atomic mass is 9.98. The second kappa shape index (κ2) is 17.7. The first-order valence-corrected chi connectivity index (χ1v) is 14.9. The van der Waals surface area contributed by atoms with Crippen molar-refractivity contribution in [3.05, 3.63) is 46.8 Å². The van der Waals surface area contributed by atoms with Crippen LogP contribution in [-0.4, -0.2) is 78.7 Å². The van der Waals surface area contributed by atoms with Gasteiger partial charge in [0.1, 0.15) is 6.04 Å². The van der Waals surface area contributed by atoms with Crippen molar-refractivity contribution in [3.63, 3.8) is 0 Å². The van der Waals surface area contributed by atoms with Gasteiger partial charge >= 0.3 is 17.9 Å². The third kappa shape index (κ3) is 10.5. The van der Waals surface area contributed by atoms with Crippen LogP contribution >= 0.6 is 0 Å². The van der Waals surface area contributed by atoms with Gasteiger partial charge in [0.2, 0.25) is 11.7 Å². The molecule has 1 fully saturated rings. The van der Waals surface area contributed by atoms with Crippen LogP contribution in [0.4, 0.5) is 22.0 Å². The number of ether oxygens (including phenoxy) is 4. The summed E-state index contributed by atoms with van der Waals surface area (Å²) in [4.78, 5) is 64.3. The van der Waals surface area contributed by atoms with Crippen LogP contribution in [0.1, 0.15) is 65.9 Å². The number of rotatable bonds is 14. The van der Waals surface area contributed by atoms with Gasteiger partial charge in [-0.15, -0.1) is 0 Å². The molecule has 0 radical (unpaired) electrons. The first-order chi connectivity index (χ1) is 22.0. The lowest BCUT2D eigenvalue weighted by Crippen LogP contribution is -2.58. The first-order valence-electron chi connectivity index (χ1n) is 14.9. The molecule has 47 heavy (non-hydrogen) atoms. The van der Waals surface area contributed by atoms with Gasteiger partial charge in [0, 0.05) is 40.0 Å². The average Bonchev–Trinajstić information content (AvgIpc) is 3.17. The molecule has 1 aliphatic rings. The summed E-state index contributed by atoms with van der Waals surface area (Å²) in [6, 6.07) is -1.37. The number of esters is 3. The van der Waals surface area contributed by atoms with E-state index in [0.717, 1.165) is 32.8 Å². The van der Waals surface area contributed by atoms with Crippen LogP contribution in [0.3, 0.4) is 0 Å². The Kier molecular flexibility index (Phi) is 14.8. The van der Waals surface area contributed by atoms with E-state index in [1.165, 1.54) is 6.08 Å². The summed E-state index contributed by atoms with van der Waals surface area (Å²) in [6.45, 7) is 5.77. The third-order valence-electron chi connectivity index (χ3n) is 7.38. The largest absolute Gasteiger partial charge is 0.455 e. The molecular weight excluding hydrogens is 639 g/mol. The number of nitrogens with one attached hydrogen (secondary N) is 1. The van der Waals surface area contributed by atoms with E-state index in [0.29, 0.717) is 12.8 Å². The molecule has 2 unspecified atom stereocenters. The number of allylic oxidation sites excluding steroid dienone is 1. The Labute approximate surface area is 268 Å². The summed E-state index contributed by atoms with van der Waals surface area (Å²) in [7, 11) is 1.06. The number of carbonyl (C=O) groups is 5. The molecule has 1 aromatic rings. The molecule has 0 aromatic heterocycles. The Morgan fingerprint density at radius 3 is 1.89 bits per heavy atom. The molecule has 0 saturated carbocycles. The molecule has 2 rings (SSSR count). The lowest BCUT2D eigenvalue weighted by molar-refractivity contribution is -0.192. The van der Waals surface area contributed by atoms with Gasteiger partial charge in [0.25, 0.3) is 5.91 Å². The highest BCUT2D eigenvalue weighted by molar-refractivity contribution is 5.90. The number of methoxy groups -OCH3 is 1. The van der Waals surface area contributed by atoms with E-state index in [2.05, 4.69) is 5.32 Å². The summed E-state index contributed by atoms with van der Waals surface area (Å²) in [5.41, 5.74) is -1.22. The topological polar surface area (TPSA) is 138 Å². The van der Waals surface area contributed by atoms with Crippen molar-refractivity contribution in [2.24, 2.45) is 5.92 Å². The van der Waals surface area contributed by atoms with Gasteiger partial charge in [0.15, 0.2) is 47.7 Å². The third-order valence-corrected chi connectivity index (χ3v) is 7.38. The molecule has 0 spiro atoms. The number of carbonyl (C=O) groups excluding carboxylic acids is 5. The molecule has 16 heteroatoms. The van der Waals surface area contributed by atoms with Crippen molar-refractivity contribution in [1.29, 1.82) is 0 Å². The highest BCUT2D eigenvalue weighted by atomic mass is 19.2. The molecule has 262 valence electrons. The maximum Gasteiger partial charge on any atom is 0.303 e. The molecule has 1 N–H and O–H groups in total. The number of hydrogen-bond acceptors (Lipinski definition) is 9. The van der Waals surface area contributed by atoms with E-state index < -0.39 is 101 Å². The minimum Gasteiger partial charge on any atom is -0.455 e. The summed E-state index contributed by atoms with van der Waals surface area (Å²) in [5, 5.41) is 2.43. The van der Waals surface area contributed by atoms with Crippen molar-refractivity contribution in [2.75, 3.05) is 13.7 Å². The van der Waals surface area contributed by atoms with Crippen molar-refractivity contribution in [2.45, 2.75) is 97.3 Å². The average molecular weight is 679 g/mol. The number of halogens is 5. The minimum absolute atomic E-state index is 0.00787. The second-order valence-electron chi connectivity index (χ2n) is 11.0. The number of hydrogen-bond donors (Lipinski definition) is 1. The molecular formula is C31H39F5N2O9. The maximum absolute atomic E-state index is 14.4. The smallest absolute Gasteiger partial charge is 0.303 e. The standard InChI is InChI=1S/C31H39F5N2O9/c1-7-15(2)11-12-21(45-16(3)39)27(46-17(4)40)28(47-18(5)41)29(44-6)30(42)37-20-10-8-9-13-38(31(20)43)14-19-22(32)24(34)26(36)25(35)23(19)33/h11-12,15,20-21,27-29H,7-10,13-14H2,1-6H3,(H,37,42)/t15?,20?,21-,27+,28-,29-/m1/s1. The highest BCUT2D eigenvalue weighted by Gasteiger charge is 2.45. The van der Waals surface area contributed by atoms with Gasteiger partial charge in [-0.1, -0.05) is 26.3 Å². The lowest BCUT2D eigenvalue weighted by Gasteiger charge is -2.34. The molecule has 1 aromatic carbocycles. The first kappa shape index (κ1) is 39.1. The molecule has 2 amide bonds. The Bertz CT molecular complexity index is 1330. The van der Waals surface area contributed by atoms with Crippen LogP contribution in [0.25, 0.3) is 0 Å². The van der Waals surface area contributed by atoms with Gasteiger partial charge in [-0.3, -0.25) is 24.0 Å². The van der Waals surface area contributed by atoms with Crippen LogP contribution in [0.15, 0.2) is 12.2 Å². The SMILES string of the molecule is CCC(C)C=C[C@@H](OC(C)=O)[C@H](OC(C)=O)[C@@H](OC(C)=O)[C@@H](OC)C(=O)NC1CCCCN(Cc2c(F)c(F)c(F)c(F)c2F)C1=O. The molecule has 0 bridgehead atoms. The normalized spacial score (nSPS) is 18.5. The number of benzene rings is 1. The summed E-state index contributed by atoms with van der Waals surface area (Å²) < 4.78 is 91.5. The van der Waals surface area contributed by atoms with Crippen LogP contribution in [0.2, 0.25) is 0 Å². The Morgan fingerprint density at radius 1 is 0.851 bits per heavy atom. The molecule has 6 atom stereocenters. The van der Waals surface area contributed by atoms with Crippen molar-refractivity contribution < 1.29 is 64.9 Å². The van der Waals surface area contributed by atoms with Crippen molar-refractivity contribution >= 4 is 29.7 Å². The summed E-state index contributed by atoms with van der Waals surface area (Å²) in [6.07, 6.45) is -2.16. The Morgan fingerprint density at radius 2 is 1.38 bits per heavy atom. The molecule has 11 nitrogen and oxygen atoms in total. The fourth-order valence-corrected chi connectivity index (χ4v) is 4.87. The van der Waals surface area contributed by atoms with Crippen LogP contribution < -0.4 is 5.32 Å². The van der Waals surface area contributed by atoms with Crippen molar-refractivity contribution in [1.82, 2.24) is 10.2 Å². The molecule has 1 heterocycles. The zero-order valence-corrected chi connectivity index (χ0v) is 26.9. The van der Waals surface area contributed by atoms with E-state index in [4.69, 9.17) is 18.9 Å². The predicted molar refractivity (Wildman–Crippen MR) is 153 cm³/mol. The number of likely N-dealkylation sites (tertiary alicyclic amines) is 1. The van der Waals surface area contributed by atoms with E-state index in [1.807, 2.05) is 13.8 Å². The molecule has 0 aliphatic carbocycles. The van der Waals surface area contributed by atoms with Gasteiger partial charge in [-0.2, -0.15) is 0 Å². The summed E-state index contributed by atoms with van der Waals surface area (Å²) in [5.74, 6) is -15.5. The highest BCUT2D eigenvalue weighted by Crippen LogP contribution is 2.26. The number of nitrogens with zero attached hydrogens (tertiary/aromatic N) is 1. The number of amides is 2. The van der Waals surface area contributed by atoms with Crippen LogP contribution in [-0.2, 0) is 49.5 Å². The van der Waals surface area contributed by atoms with Gasteiger partial charge < -0.3 is 29.2 Å². The molecule has 1 aliphatic heterocycles. The van der Waals surface area contributed by atoms with Gasteiger partial charge in [0.05, 0.1) is 6.54 Å². The summed E-state index contributed by atoms with van der Waals surface area (Å²) >= 11 is 0. The quantitative estimate of drug-likeness (QED) is 0.0778. The Hall–Kier alpha value is -4.08. The van der Waals surface area contributed by atoms with E-state index >= 15 is 0 Å². The van der Waals surface area contributed by atoms with E-state index in [1.54, 1.807) is 6.08 Å². The van der Waals surface area contributed by atoms with E-state index in [9.17, 15) is 45.9 Å². The van der Waals surface area contributed by atoms with Crippen molar-refractivity contribution in [3.8, 4) is 0 Å². The fourth-order valence-electron chi connectivity index (χ4n) is 4.87. The fraction of sp³-hybridized carbons (Fsp3) is 0.581. The zero-order chi connectivity index (χ0) is 35.6. The monoisotopic (exact) mass is 678 g/mol. The minimum atomic E-state index is -2.35. The Balaban J connectivity index is 2.46.